The number of pyridine rings is 4. The van der Waals surface area contributed by atoms with Crippen LogP contribution in [0.3, 0.4) is 0 Å². The highest BCUT2D eigenvalue weighted by Crippen LogP contribution is 2.40. The van der Waals surface area contributed by atoms with Crippen molar-refractivity contribution in [2.75, 3.05) is 54.5 Å². The lowest BCUT2D eigenvalue weighted by Crippen LogP contribution is -2.29. The first-order chi connectivity index (χ1) is 33.5. The predicted octanol–water partition coefficient (Wildman–Crippen LogP) is 8.82. The molecule has 10 heterocycles. The predicted molar refractivity (Wildman–Crippen MR) is 249 cm³/mol. The number of halogens is 6. The molecule has 2 aliphatic rings. The molecule has 368 valence electrons. The number of methoxy groups -OCH3 is 2. The molecule has 0 amide bonds. The fraction of sp³-hybridized carbons (Fsp3) is 0.417. The second kappa shape index (κ2) is 19.5. The number of rotatable bonds is 10. The second-order valence-electron chi connectivity index (χ2n) is 18.1. The summed E-state index contributed by atoms with van der Waals surface area (Å²) in [7, 11) is 7.17. The summed E-state index contributed by atoms with van der Waals surface area (Å²) in [5.41, 5.74) is 7.91. The Hall–Kier alpha value is -6.94. The molecule has 0 unspecified atom stereocenters. The van der Waals surface area contributed by atoms with E-state index in [4.69, 9.17) is 9.47 Å². The number of aryl methyl sites for hydroxylation is 2. The van der Waals surface area contributed by atoms with Gasteiger partial charge in [-0.25, -0.2) is 19.0 Å². The van der Waals surface area contributed by atoms with Gasteiger partial charge in [-0.05, 0) is 138 Å². The molecule has 70 heavy (non-hydrogen) atoms. The molecule has 2 saturated heterocycles. The van der Waals surface area contributed by atoms with Crippen LogP contribution in [0.15, 0.2) is 61.7 Å². The van der Waals surface area contributed by atoms with E-state index in [2.05, 4.69) is 74.4 Å². The number of H-pyrrole nitrogens is 2. The van der Waals surface area contributed by atoms with Gasteiger partial charge in [0.15, 0.2) is 22.8 Å². The normalized spacial score (nSPS) is 15.7. The van der Waals surface area contributed by atoms with Crippen molar-refractivity contribution in [1.82, 2.24) is 69.4 Å². The number of hydrogen-bond donors (Lipinski definition) is 2. The van der Waals surface area contributed by atoms with Crippen LogP contribution in [0, 0.1) is 13.8 Å². The van der Waals surface area contributed by atoms with Crippen molar-refractivity contribution in [3.63, 3.8) is 0 Å². The summed E-state index contributed by atoms with van der Waals surface area (Å²) in [5, 5.41) is 22.4. The summed E-state index contributed by atoms with van der Waals surface area (Å²) < 4.78 is 95.6. The van der Waals surface area contributed by atoms with Crippen molar-refractivity contribution in [2.45, 2.75) is 76.6 Å². The molecule has 10 rings (SSSR count). The number of aromatic nitrogens is 12. The van der Waals surface area contributed by atoms with Gasteiger partial charge < -0.3 is 19.3 Å². The second-order valence-corrected chi connectivity index (χ2v) is 18.1. The van der Waals surface area contributed by atoms with E-state index in [1.807, 2.05) is 26.0 Å². The van der Waals surface area contributed by atoms with Gasteiger partial charge in [0.2, 0.25) is 0 Å². The van der Waals surface area contributed by atoms with E-state index >= 15 is 0 Å². The first-order valence-corrected chi connectivity index (χ1v) is 22.8. The first kappa shape index (κ1) is 48.1. The fourth-order valence-corrected chi connectivity index (χ4v) is 9.63. The van der Waals surface area contributed by atoms with E-state index in [-0.39, 0.29) is 33.9 Å². The SMILES string of the molecule is COc1cc(-c2[nH]nc(-c3cc(C)c(C4CCN(C)CC4)cn3)c2CC(F)(F)F)cn2ncnc12.COc1cc(-c2[nH]nc(-c3cc(C)c(C4CCN(C)CC4)cn3)c2CC(F)(F)F)cn2ncnc12. The standard InChI is InChI=1S/2C24H26F3N7O/c2*1-14-8-19(28-11-18(14)15-4-6-33(2)7-5-15)22-17(10-24(25,26)27)21(31-32-22)16-9-20(35-3)23-29-13-30-34(23)12-16/h2*8-9,11-13,15H,4-7,10H2,1-3H3,(H,31,32). The molecule has 2 fully saturated rings. The minimum absolute atomic E-state index is 0.0259. The molecule has 0 spiro atoms. The Bertz CT molecular complexity index is 2910. The van der Waals surface area contributed by atoms with E-state index < -0.39 is 25.2 Å². The van der Waals surface area contributed by atoms with Crippen molar-refractivity contribution in [3.8, 4) is 56.8 Å². The highest BCUT2D eigenvalue weighted by atomic mass is 19.4. The molecule has 0 atom stereocenters. The summed E-state index contributed by atoms with van der Waals surface area (Å²) in [6.45, 7) is 8.04. The highest BCUT2D eigenvalue weighted by molar-refractivity contribution is 5.76. The van der Waals surface area contributed by atoms with Gasteiger partial charge >= 0.3 is 12.4 Å². The van der Waals surface area contributed by atoms with E-state index in [0.717, 1.165) is 74.1 Å². The Morgan fingerprint density at radius 3 is 1.31 bits per heavy atom. The highest BCUT2D eigenvalue weighted by Gasteiger charge is 2.35. The maximum atomic E-state index is 13.7. The lowest BCUT2D eigenvalue weighted by molar-refractivity contribution is -0.128. The number of aromatic amines is 2. The zero-order chi connectivity index (χ0) is 49.5. The Kier molecular flexibility index (Phi) is 13.4. The summed E-state index contributed by atoms with van der Waals surface area (Å²) in [6.07, 6.45) is 2.51. The van der Waals surface area contributed by atoms with Gasteiger partial charge in [0.1, 0.15) is 24.0 Å². The third kappa shape index (κ3) is 10.2. The average molecular weight is 971 g/mol. The first-order valence-electron chi connectivity index (χ1n) is 22.8. The monoisotopic (exact) mass is 970 g/mol. The largest absolute Gasteiger partial charge is 0.493 e. The maximum absolute atomic E-state index is 13.7. The molecular formula is C48H52F6N14O2. The van der Waals surface area contributed by atoms with E-state index in [9.17, 15) is 26.3 Å². The quantitative estimate of drug-likeness (QED) is 0.125. The van der Waals surface area contributed by atoms with Crippen LogP contribution in [0.2, 0.25) is 0 Å². The van der Waals surface area contributed by atoms with Gasteiger partial charge in [0, 0.05) is 47.0 Å². The van der Waals surface area contributed by atoms with Gasteiger partial charge in [-0.15, -0.1) is 0 Å². The van der Waals surface area contributed by atoms with Crippen molar-refractivity contribution in [1.29, 1.82) is 0 Å². The van der Waals surface area contributed by atoms with Gasteiger partial charge in [0.25, 0.3) is 0 Å². The van der Waals surface area contributed by atoms with Crippen molar-refractivity contribution < 1.29 is 35.8 Å². The molecular weight excluding hydrogens is 919 g/mol. The molecule has 2 aliphatic heterocycles. The molecule has 8 aromatic heterocycles. The maximum Gasteiger partial charge on any atom is 0.393 e. The average Bonchev–Trinajstić information content (AvgIpc) is 4.16. The van der Waals surface area contributed by atoms with Crippen molar-refractivity contribution in [3.05, 3.63) is 95.1 Å². The van der Waals surface area contributed by atoms with Crippen LogP contribution in [-0.2, 0) is 12.8 Å². The van der Waals surface area contributed by atoms with Crippen molar-refractivity contribution in [2.24, 2.45) is 0 Å². The number of fused-ring (bicyclic) bond motifs is 2. The summed E-state index contributed by atoms with van der Waals surface area (Å²) in [6, 6.07) is 6.94. The Morgan fingerprint density at radius 1 is 0.586 bits per heavy atom. The Labute approximate surface area is 398 Å². The number of nitrogens with zero attached hydrogens (tertiary/aromatic N) is 12. The van der Waals surface area contributed by atoms with Gasteiger partial charge in [-0.3, -0.25) is 20.2 Å². The molecule has 0 aliphatic carbocycles. The summed E-state index contributed by atoms with van der Waals surface area (Å²) in [4.78, 5) is 22.0. The van der Waals surface area contributed by atoms with Crippen LogP contribution in [0.4, 0.5) is 26.3 Å². The Balaban J connectivity index is 0.000000174. The van der Waals surface area contributed by atoms with Crippen LogP contribution < -0.4 is 9.47 Å². The molecule has 0 aromatic carbocycles. The van der Waals surface area contributed by atoms with Crippen LogP contribution in [-0.4, -0.2) is 136 Å². The lowest BCUT2D eigenvalue weighted by Gasteiger charge is -2.29. The van der Waals surface area contributed by atoms with Crippen molar-refractivity contribution >= 4 is 11.3 Å². The third-order valence-electron chi connectivity index (χ3n) is 13.3. The Morgan fingerprint density at radius 2 is 0.971 bits per heavy atom. The zero-order valence-electron chi connectivity index (χ0n) is 39.5. The van der Waals surface area contributed by atoms with E-state index in [0.29, 0.717) is 57.1 Å². The van der Waals surface area contributed by atoms with Crippen LogP contribution in [0.5, 0.6) is 11.5 Å². The zero-order valence-corrected chi connectivity index (χ0v) is 39.5. The third-order valence-corrected chi connectivity index (χ3v) is 13.3. The number of ether oxygens (including phenoxy) is 2. The van der Waals surface area contributed by atoms with Gasteiger partial charge in [-0.2, -0.15) is 46.7 Å². The number of nitrogens with one attached hydrogen (secondary N) is 2. The molecule has 22 heteroatoms. The number of hydrogen-bond acceptors (Lipinski definition) is 12. The molecule has 2 N–H and O–H groups in total. The number of alkyl halides is 6. The number of piperidine rings is 2. The van der Waals surface area contributed by atoms with Gasteiger partial charge in [-0.1, -0.05) is 0 Å². The van der Waals surface area contributed by atoms with Crippen LogP contribution in [0.1, 0.15) is 70.9 Å². The fourth-order valence-electron chi connectivity index (χ4n) is 9.63. The molecule has 0 saturated carbocycles. The van der Waals surface area contributed by atoms with Gasteiger partial charge in [0.05, 0.1) is 49.8 Å². The molecule has 16 nitrogen and oxygen atoms in total. The van der Waals surface area contributed by atoms with E-state index in [1.54, 1.807) is 36.9 Å². The van der Waals surface area contributed by atoms with Crippen LogP contribution in [0.25, 0.3) is 56.6 Å². The summed E-state index contributed by atoms with van der Waals surface area (Å²) >= 11 is 0. The van der Waals surface area contributed by atoms with Crippen LogP contribution >= 0.6 is 0 Å². The topological polar surface area (TPSA) is 168 Å². The van der Waals surface area contributed by atoms with E-state index in [1.165, 1.54) is 35.9 Å². The minimum atomic E-state index is -4.43. The smallest absolute Gasteiger partial charge is 0.393 e. The minimum Gasteiger partial charge on any atom is -0.493 e. The molecule has 0 radical (unpaired) electrons. The molecule has 8 aromatic rings. The summed E-state index contributed by atoms with van der Waals surface area (Å²) in [5.74, 6) is 1.59. The molecule has 0 bridgehead atoms. The number of likely N-dealkylation sites (tertiary alicyclic amines) is 2. The lowest BCUT2D eigenvalue weighted by atomic mass is 9.87.